The fraction of sp³-hybridized carbons (Fsp3) is 0.250. The van der Waals surface area contributed by atoms with E-state index in [9.17, 15) is 9.59 Å². The Bertz CT molecular complexity index is 991. The summed E-state index contributed by atoms with van der Waals surface area (Å²) in [5.74, 6) is 0.0503. The number of hydrogen-bond acceptors (Lipinski definition) is 6. The number of ether oxygens (including phenoxy) is 2. The van der Waals surface area contributed by atoms with Gasteiger partial charge in [-0.2, -0.15) is 0 Å². The first kappa shape index (κ1) is 20.1. The molecule has 2 heterocycles. The molecule has 3 aromatic rings. The predicted molar refractivity (Wildman–Crippen MR) is 109 cm³/mol. The molecule has 0 saturated heterocycles. The Hall–Kier alpha value is -2.64. The van der Waals surface area contributed by atoms with Crippen LogP contribution in [0.5, 0.6) is 5.75 Å². The summed E-state index contributed by atoms with van der Waals surface area (Å²) >= 11 is 7.71. The van der Waals surface area contributed by atoms with Gasteiger partial charge in [0, 0.05) is 28.8 Å². The average Bonchev–Trinajstić information content (AvgIpc) is 3.19. The minimum Gasteiger partial charge on any atom is -0.497 e. The fourth-order valence-electron chi connectivity index (χ4n) is 2.74. The van der Waals surface area contributed by atoms with Crippen LogP contribution in [0.3, 0.4) is 0 Å². The Balaban J connectivity index is 1.68. The molecular formula is C20H19ClN2O4S. The van der Waals surface area contributed by atoms with Crippen LogP contribution in [0.15, 0.2) is 41.8 Å². The largest absolute Gasteiger partial charge is 0.497 e. The molecule has 0 radical (unpaired) electrons. The maximum absolute atomic E-state index is 12.3. The van der Waals surface area contributed by atoms with Crippen LogP contribution in [-0.4, -0.2) is 24.0 Å². The standard InChI is InChI=1S/C20H19ClN2O4S/c1-12(24)22-17(18-4-3-7-28-18)10-19(25)27-11-14-8-13-5-6-15(26-2)9-16(13)23-20(14)21/h3-9,17H,10-11H2,1-2H3,(H,22,24). The number of nitrogens with zero attached hydrogens (tertiary/aromatic N) is 1. The number of rotatable bonds is 7. The van der Waals surface area contributed by atoms with Crippen LogP contribution < -0.4 is 10.1 Å². The highest BCUT2D eigenvalue weighted by molar-refractivity contribution is 7.10. The van der Waals surface area contributed by atoms with Crippen LogP contribution in [-0.2, 0) is 20.9 Å². The molecule has 0 aliphatic heterocycles. The van der Waals surface area contributed by atoms with E-state index in [1.807, 2.05) is 35.7 Å². The van der Waals surface area contributed by atoms with E-state index in [1.54, 1.807) is 13.2 Å². The van der Waals surface area contributed by atoms with E-state index in [4.69, 9.17) is 21.1 Å². The van der Waals surface area contributed by atoms with Crippen LogP contribution in [0.2, 0.25) is 5.15 Å². The normalized spacial score (nSPS) is 11.8. The van der Waals surface area contributed by atoms with E-state index in [2.05, 4.69) is 10.3 Å². The molecule has 0 aliphatic carbocycles. The van der Waals surface area contributed by atoms with Crippen molar-refractivity contribution in [1.29, 1.82) is 0 Å². The summed E-state index contributed by atoms with van der Waals surface area (Å²) in [6, 6.07) is 10.6. The molecule has 6 nitrogen and oxygen atoms in total. The first-order valence-corrected chi connectivity index (χ1v) is 9.81. The van der Waals surface area contributed by atoms with Gasteiger partial charge in [0.05, 0.1) is 25.1 Å². The number of halogens is 1. The van der Waals surface area contributed by atoms with Crippen molar-refractivity contribution in [3.8, 4) is 5.75 Å². The number of benzene rings is 1. The molecule has 0 spiro atoms. The molecule has 0 aliphatic rings. The van der Waals surface area contributed by atoms with Gasteiger partial charge in [-0.3, -0.25) is 9.59 Å². The highest BCUT2D eigenvalue weighted by Crippen LogP contribution is 2.26. The second-order valence-electron chi connectivity index (χ2n) is 6.13. The number of pyridine rings is 1. The maximum atomic E-state index is 12.3. The lowest BCUT2D eigenvalue weighted by atomic mass is 10.1. The summed E-state index contributed by atoms with van der Waals surface area (Å²) in [6.07, 6.45) is 0.0376. The Morgan fingerprint density at radius 1 is 1.29 bits per heavy atom. The van der Waals surface area contributed by atoms with Gasteiger partial charge in [0.25, 0.3) is 0 Å². The summed E-state index contributed by atoms with van der Waals surface area (Å²) in [7, 11) is 1.58. The number of esters is 1. The molecule has 1 N–H and O–H groups in total. The summed E-state index contributed by atoms with van der Waals surface area (Å²) in [5.41, 5.74) is 1.31. The third kappa shape index (κ3) is 4.99. The number of hydrogen-bond donors (Lipinski definition) is 1. The average molecular weight is 419 g/mol. The SMILES string of the molecule is COc1ccc2cc(COC(=O)CC(NC(C)=O)c3cccs3)c(Cl)nc2c1. The van der Waals surface area contributed by atoms with Gasteiger partial charge in [-0.05, 0) is 29.6 Å². The summed E-state index contributed by atoms with van der Waals surface area (Å²) in [5, 5.41) is 5.81. The van der Waals surface area contributed by atoms with Crippen molar-refractivity contribution in [3.63, 3.8) is 0 Å². The topological polar surface area (TPSA) is 77.5 Å². The number of carbonyl (C=O) groups excluding carboxylic acids is 2. The third-order valence-corrected chi connectivity index (χ3v) is 5.39. The molecule has 2 aromatic heterocycles. The van der Waals surface area contributed by atoms with Crippen molar-refractivity contribution in [2.45, 2.75) is 26.0 Å². The zero-order valence-electron chi connectivity index (χ0n) is 15.4. The molecule has 0 saturated carbocycles. The Labute approximate surface area is 171 Å². The molecular weight excluding hydrogens is 400 g/mol. The van der Waals surface area contributed by atoms with Crippen LogP contribution in [0.25, 0.3) is 10.9 Å². The van der Waals surface area contributed by atoms with Crippen molar-refractivity contribution >= 4 is 45.7 Å². The summed E-state index contributed by atoms with van der Waals surface area (Å²) in [6.45, 7) is 1.42. The van der Waals surface area contributed by atoms with Crippen LogP contribution in [0.1, 0.15) is 29.8 Å². The number of aromatic nitrogens is 1. The lowest BCUT2D eigenvalue weighted by Crippen LogP contribution is -2.28. The molecule has 1 atom stereocenters. The van der Waals surface area contributed by atoms with Crippen LogP contribution in [0, 0.1) is 0 Å². The van der Waals surface area contributed by atoms with E-state index < -0.39 is 12.0 Å². The molecule has 0 fully saturated rings. The Morgan fingerprint density at radius 3 is 2.79 bits per heavy atom. The molecule has 1 aromatic carbocycles. The molecule has 1 amide bonds. The van der Waals surface area contributed by atoms with Crippen LogP contribution in [0.4, 0.5) is 0 Å². The van der Waals surface area contributed by atoms with Gasteiger partial charge < -0.3 is 14.8 Å². The quantitative estimate of drug-likeness (QED) is 0.458. The first-order chi connectivity index (χ1) is 13.5. The van der Waals surface area contributed by atoms with E-state index >= 15 is 0 Å². The molecule has 3 rings (SSSR count). The lowest BCUT2D eigenvalue weighted by molar-refractivity contribution is -0.145. The van der Waals surface area contributed by atoms with Crippen molar-refractivity contribution in [1.82, 2.24) is 10.3 Å². The molecule has 1 unspecified atom stereocenters. The molecule has 8 heteroatoms. The van der Waals surface area contributed by atoms with E-state index in [-0.39, 0.29) is 24.1 Å². The molecule has 146 valence electrons. The van der Waals surface area contributed by atoms with Crippen molar-refractivity contribution in [2.24, 2.45) is 0 Å². The third-order valence-electron chi connectivity index (χ3n) is 4.07. The van der Waals surface area contributed by atoms with Crippen molar-refractivity contribution < 1.29 is 19.1 Å². The second kappa shape index (κ2) is 9.03. The van der Waals surface area contributed by atoms with Gasteiger partial charge in [0.1, 0.15) is 17.5 Å². The van der Waals surface area contributed by atoms with Crippen molar-refractivity contribution in [2.75, 3.05) is 7.11 Å². The van der Waals surface area contributed by atoms with Gasteiger partial charge >= 0.3 is 5.97 Å². The second-order valence-corrected chi connectivity index (χ2v) is 7.47. The molecule has 28 heavy (non-hydrogen) atoms. The van der Waals surface area contributed by atoms with E-state index in [0.717, 1.165) is 10.3 Å². The van der Waals surface area contributed by atoms with Crippen LogP contribution >= 0.6 is 22.9 Å². The minimum atomic E-state index is -0.432. The number of fused-ring (bicyclic) bond motifs is 1. The predicted octanol–water partition coefficient (Wildman–Crippen LogP) is 4.27. The van der Waals surface area contributed by atoms with E-state index in [1.165, 1.54) is 18.3 Å². The van der Waals surface area contributed by atoms with Gasteiger partial charge in [0.15, 0.2) is 0 Å². The fourth-order valence-corrected chi connectivity index (χ4v) is 3.71. The monoisotopic (exact) mass is 418 g/mol. The summed E-state index contributed by atoms with van der Waals surface area (Å²) < 4.78 is 10.6. The van der Waals surface area contributed by atoms with Gasteiger partial charge in [0.2, 0.25) is 5.91 Å². The summed E-state index contributed by atoms with van der Waals surface area (Å²) in [4.78, 5) is 29.0. The zero-order valence-corrected chi connectivity index (χ0v) is 17.0. The van der Waals surface area contributed by atoms with E-state index in [0.29, 0.717) is 16.8 Å². The minimum absolute atomic E-state index is 0.00384. The Kier molecular flexibility index (Phi) is 6.49. The van der Waals surface area contributed by atoms with Gasteiger partial charge in [-0.15, -0.1) is 11.3 Å². The number of methoxy groups -OCH3 is 1. The lowest BCUT2D eigenvalue weighted by Gasteiger charge is -2.16. The first-order valence-electron chi connectivity index (χ1n) is 8.55. The molecule has 0 bridgehead atoms. The van der Waals surface area contributed by atoms with Gasteiger partial charge in [-0.1, -0.05) is 17.7 Å². The van der Waals surface area contributed by atoms with Crippen molar-refractivity contribution in [3.05, 3.63) is 57.4 Å². The zero-order chi connectivity index (χ0) is 20.1. The number of amides is 1. The maximum Gasteiger partial charge on any atom is 0.308 e. The smallest absolute Gasteiger partial charge is 0.308 e. The number of carbonyl (C=O) groups is 2. The highest BCUT2D eigenvalue weighted by Gasteiger charge is 2.19. The Morgan fingerprint density at radius 2 is 2.11 bits per heavy atom. The highest BCUT2D eigenvalue weighted by atomic mass is 35.5. The van der Waals surface area contributed by atoms with Gasteiger partial charge in [-0.25, -0.2) is 4.98 Å². The number of nitrogens with one attached hydrogen (secondary N) is 1. The number of thiophene rings is 1.